The fraction of sp³-hybridized carbons (Fsp3) is 0.455. The molecule has 3 N–H and O–H groups in total. The van der Waals surface area contributed by atoms with Crippen molar-refractivity contribution in [3.05, 3.63) is 23.1 Å². The van der Waals surface area contributed by atoms with Crippen molar-refractivity contribution >= 4 is 15.7 Å². The lowest BCUT2D eigenvalue weighted by Crippen LogP contribution is -2.16. The maximum Gasteiger partial charge on any atom is 0.281 e. The molecule has 0 aliphatic carbocycles. The van der Waals surface area contributed by atoms with Crippen molar-refractivity contribution in [1.29, 1.82) is 0 Å². The Hall–Kier alpha value is -1.87. The summed E-state index contributed by atoms with van der Waals surface area (Å²) >= 11 is 0. The summed E-state index contributed by atoms with van der Waals surface area (Å²) in [4.78, 5) is 0. The second-order valence-corrected chi connectivity index (χ2v) is 6.01. The van der Waals surface area contributed by atoms with Crippen molar-refractivity contribution in [2.75, 3.05) is 4.72 Å². The van der Waals surface area contributed by atoms with Gasteiger partial charge in [-0.1, -0.05) is 6.92 Å². The highest BCUT2D eigenvalue weighted by Crippen LogP contribution is 2.22. The molecule has 0 amide bonds. The van der Waals surface area contributed by atoms with E-state index in [1.807, 2.05) is 6.92 Å². The zero-order valence-electron chi connectivity index (χ0n) is 11.5. The van der Waals surface area contributed by atoms with E-state index in [0.29, 0.717) is 23.5 Å². The summed E-state index contributed by atoms with van der Waals surface area (Å²) in [5, 5.41) is 19.5. The SMILES string of the molecule is CCc1nn(C)cc1NS(=O)(=O)c1n[nH]c(C)c1CO. The van der Waals surface area contributed by atoms with Crippen LogP contribution in [0.2, 0.25) is 0 Å². The minimum Gasteiger partial charge on any atom is -0.392 e. The first-order valence-corrected chi connectivity index (χ1v) is 7.57. The predicted octanol–water partition coefficient (Wildman–Crippen LogP) is 0.307. The molecule has 0 atom stereocenters. The zero-order chi connectivity index (χ0) is 14.9. The van der Waals surface area contributed by atoms with Crippen molar-refractivity contribution in [3.8, 4) is 0 Å². The average molecular weight is 299 g/mol. The number of hydrogen-bond acceptors (Lipinski definition) is 5. The number of anilines is 1. The number of nitrogens with one attached hydrogen (secondary N) is 2. The molecule has 8 nitrogen and oxygen atoms in total. The molecule has 0 bridgehead atoms. The van der Waals surface area contributed by atoms with Crippen molar-refractivity contribution in [1.82, 2.24) is 20.0 Å². The molecule has 2 heterocycles. The molecular formula is C11H17N5O3S. The number of aryl methyl sites for hydroxylation is 3. The Balaban J connectivity index is 2.40. The maximum atomic E-state index is 12.3. The van der Waals surface area contributed by atoms with Gasteiger partial charge in [0.25, 0.3) is 10.0 Å². The number of aromatic nitrogens is 4. The Kier molecular flexibility index (Phi) is 3.82. The van der Waals surface area contributed by atoms with Crippen LogP contribution in [0.15, 0.2) is 11.2 Å². The van der Waals surface area contributed by atoms with Crippen LogP contribution in [0, 0.1) is 6.92 Å². The van der Waals surface area contributed by atoms with Crippen LogP contribution in [0.5, 0.6) is 0 Å². The Morgan fingerprint density at radius 1 is 1.50 bits per heavy atom. The van der Waals surface area contributed by atoms with Crippen LogP contribution < -0.4 is 4.72 Å². The normalized spacial score (nSPS) is 11.8. The van der Waals surface area contributed by atoms with E-state index >= 15 is 0 Å². The molecule has 2 aromatic rings. The standard InChI is InChI=1S/C11H17N5O3S/c1-4-9-10(5-16(3)14-9)15-20(18,19)11-8(6-17)7(2)12-13-11/h5,15,17H,4,6H2,1-3H3,(H,12,13). The van der Waals surface area contributed by atoms with E-state index in [4.69, 9.17) is 0 Å². The van der Waals surface area contributed by atoms with Crippen LogP contribution in [0.1, 0.15) is 23.9 Å². The molecule has 0 aliphatic rings. The van der Waals surface area contributed by atoms with Crippen LogP contribution in [0.4, 0.5) is 5.69 Å². The van der Waals surface area contributed by atoms with Crippen LogP contribution in [-0.2, 0) is 30.1 Å². The number of aliphatic hydroxyl groups excluding tert-OH is 1. The summed E-state index contributed by atoms with van der Waals surface area (Å²) in [6.07, 6.45) is 2.19. The summed E-state index contributed by atoms with van der Waals surface area (Å²) < 4.78 is 28.7. The number of sulfonamides is 1. The van der Waals surface area contributed by atoms with Gasteiger partial charge in [-0.05, 0) is 13.3 Å². The smallest absolute Gasteiger partial charge is 0.281 e. The first-order chi connectivity index (χ1) is 9.39. The quantitative estimate of drug-likeness (QED) is 0.735. The topological polar surface area (TPSA) is 113 Å². The van der Waals surface area contributed by atoms with Gasteiger partial charge < -0.3 is 5.11 Å². The Labute approximate surface area is 116 Å². The van der Waals surface area contributed by atoms with Gasteiger partial charge in [-0.2, -0.15) is 18.6 Å². The summed E-state index contributed by atoms with van der Waals surface area (Å²) in [5.41, 5.74) is 1.85. The Morgan fingerprint density at radius 3 is 2.80 bits per heavy atom. The lowest BCUT2D eigenvalue weighted by atomic mass is 10.3. The largest absolute Gasteiger partial charge is 0.392 e. The van der Waals surface area contributed by atoms with Gasteiger partial charge in [0.1, 0.15) is 0 Å². The zero-order valence-corrected chi connectivity index (χ0v) is 12.3. The van der Waals surface area contributed by atoms with Crippen molar-refractivity contribution in [2.24, 2.45) is 7.05 Å². The number of aromatic amines is 1. The van der Waals surface area contributed by atoms with Crippen LogP contribution in [-0.4, -0.2) is 33.5 Å². The highest BCUT2D eigenvalue weighted by Gasteiger charge is 2.25. The van der Waals surface area contributed by atoms with E-state index in [1.165, 1.54) is 0 Å². The molecule has 0 unspecified atom stereocenters. The molecule has 2 rings (SSSR count). The van der Waals surface area contributed by atoms with Gasteiger partial charge in [-0.3, -0.25) is 14.5 Å². The number of nitrogens with zero attached hydrogens (tertiary/aromatic N) is 3. The highest BCUT2D eigenvalue weighted by atomic mass is 32.2. The molecule has 20 heavy (non-hydrogen) atoms. The average Bonchev–Trinajstić information content (AvgIpc) is 2.91. The third-order valence-electron chi connectivity index (χ3n) is 2.93. The minimum atomic E-state index is -3.86. The van der Waals surface area contributed by atoms with Crippen LogP contribution in [0.3, 0.4) is 0 Å². The Morgan fingerprint density at radius 2 is 2.20 bits per heavy atom. The minimum absolute atomic E-state index is 0.191. The molecule has 0 saturated carbocycles. The molecular weight excluding hydrogens is 282 g/mol. The van der Waals surface area contributed by atoms with Crippen molar-refractivity contribution in [2.45, 2.75) is 31.9 Å². The molecule has 0 aliphatic heterocycles. The van der Waals surface area contributed by atoms with Gasteiger partial charge in [0.15, 0.2) is 0 Å². The van der Waals surface area contributed by atoms with Gasteiger partial charge >= 0.3 is 0 Å². The van der Waals surface area contributed by atoms with E-state index in [0.717, 1.165) is 0 Å². The first kappa shape index (κ1) is 14.5. The fourth-order valence-corrected chi connectivity index (χ4v) is 3.18. The van der Waals surface area contributed by atoms with E-state index in [9.17, 15) is 13.5 Å². The fourth-order valence-electron chi connectivity index (χ4n) is 1.91. The van der Waals surface area contributed by atoms with Crippen LogP contribution in [0.25, 0.3) is 0 Å². The predicted molar refractivity (Wildman–Crippen MR) is 72.6 cm³/mol. The summed E-state index contributed by atoms with van der Waals surface area (Å²) in [5.74, 6) is 0. The molecule has 0 fully saturated rings. The van der Waals surface area contributed by atoms with E-state index in [1.54, 1.807) is 24.9 Å². The van der Waals surface area contributed by atoms with E-state index < -0.39 is 16.6 Å². The molecule has 9 heteroatoms. The summed E-state index contributed by atoms with van der Waals surface area (Å²) in [7, 11) is -2.14. The van der Waals surface area contributed by atoms with E-state index in [2.05, 4.69) is 20.0 Å². The van der Waals surface area contributed by atoms with Crippen LogP contribution >= 0.6 is 0 Å². The number of aliphatic hydroxyl groups is 1. The monoisotopic (exact) mass is 299 g/mol. The van der Waals surface area contributed by atoms with Gasteiger partial charge in [-0.15, -0.1) is 0 Å². The van der Waals surface area contributed by atoms with E-state index in [-0.39, 0.29) is 10.6 Å². The molecule has 0 spiro atoms. The van der Waals surface area contributed by atoms with Gasteiger partial charge in [0, 0.05) is 24.5 Å². The van der Waals surface area contributed by atoms with Crippen molar-refractivity contribution < 1.29 is 13.5 Å². The number of rotatable bonds is 5. The molecule has 2 aromatic heterocycles. The number of H-pyrrole nitrogens is 1. The second-order valence-electron chi connectivity index (χ2n) is 4.41. The lowest BCUT2D eigenvalue weighted by Gasteiger charge is -2.06. The maximum absolute atomic E-state index is 12.3. The second kappa shape index (κ2) is 5.25. The van der Waals surface area contributed by atoms with Crippen molar-refractivity contribution in [3.63, 3.8) is 0 Å². The number of hydrogen-bond donors (Lipinski definition) is 3. The highest BCUT2D eigenvalue weighted by molar-refractivity contribution is 7.92. The summed E-state index contributed by atoms with van der Waals surface area (Å²) in [6, 6.07) is 0. The summed E-state index contributed by atoms with van der Waals surface area (Å²) in [6.45, 7) is 3.14. The van der Waals surface area contributed by atoms with Gasteiger partial charge in [0.2, 0.25) is 5.03 Å². The third-order valence-corrected chi connectivity index (χ3v) is 4.27. The molecule has 0 saturated heterocycles. The third kappa shape index (κ3) is 2.54. The van der Waals surface area contributed by atoms with Gasteiger partial charge in [0.05, 0.1) is 18.0 Å². The first-order valence-electron chi connectivity index (χ1n) is 6.09. The molecule has 0 aromatic carbocycles. The molecule has 0 radical (unpaired) electrons. The van der Waals surface area contributed by atoms with Gasteiger partial charge in [-0.25, -0.2) is 0 Å². The lowest BCUT2D eigenvalue weighted by molar-refractivity contribution is 0.277. The molecule has 110 valence electrons. The Bertz CT molecular complexity index is 716.